The van der Waals surface area contributed by atoms with Gasteiger partial charge in [0.2, 0.25) is 0 Å². The lowest BCUT2D eigenvalue weighted by molar-refractivity contribution is 0.101. The first-order valence-corrected chi connectivity index (χ1v) is 13.4. The third-order valence-corrected chi connectivity index (χ3v) is 7.07. The molecule has 40 heavy (non-hydrogen) atoms. The molecule has 0 spiro atoms. The van der Waals surface area contributed by atoms with Gasteiger partial charge in [-0.05, 0) is 59.0 Å². The Morgan fingerprint density at radius 3 is 2.42 bits per heavy atom. The number of unbranched alkanes of at least 4 members (excludes halogenated alkanes) is 2. The highest BCUT2D eigenvalue weighted by Gasteiger charge is 2.20. The van der Waals surface area contributed by atoms with E-state index in [9.17, 15) is 9.59 Å². The van der Waals surface area contributed by atoms with Gasteiger partial charge in [-0.15, -0.1) is 5.10 Å². The third kappa shape index (κ3) is 5.36. The summed E-state index contributed by atoms with van der Waals surface area (Å²) < 4.78 is 8.93. The Morgan fingerprint density at radius 1 is 0.975 bits per heavy atom. The maximum absolute atomic E-state index is 13.9. The molecule has 0 aliphatic rings. The van der Waals surface area contributed by atoms with E-state index in [1.54, 1.807) is 34.4 Å². The van der Waals surface area contributed by atoms with Crippen LogP contribution in [0.1, 0.15) is 54.7 Å². The van der Waals surface area contributed by atoms with Gasteiger partial charge >= 0.3 is 5.69 Å². The Morgan fingerprint density at radius 2 is 1.75 bits per heavy atom. The number of nitrogens with one attached hydrogen (secondary N) is 1. The van der Waals surface area contributed by atoms with Gasteiger partial charge in [-0.25, -0.2) is 9.89 Å². The van der Waals surface area contributed by atoms with E-state index in [2.05, 4.69) is 27.5 Å². The molecule has 0 amide bonds. The minimum absolute atomic E-state index is 0.127. The molecule has 3 aromatic carbocycles. The van der Waals surface area contributed by atoms with E-state index in [0.717, 1.165) is 53.6 Å². The second kappa shape index (κ2) is 11.9. The summed E-state index contributed by atoms with van der Waals surface area (Å²) >= 11 is 0. The maximum Gasteiger partial charge on any atom is 0.333 e. The van der Waals surface area contributed by atoms with E-state index in [-0.39, 0.29) is 11.5 Å². The average Bonchev–Trinajstić information content (AvgIpc) is 3.62. The highest BCUT2D eigenvalue weighted by Crippen LogP contribution is 2.30. The highest BCUT2D eigenvalue weighted by atomic mass is 16.5. The van der Waals surface area contributed by atoms with Gasteiger partial charge in [0.25, 0.3) is 0 Å². The summed E-state index contributed by atoms with van der Waals surface area (Å²) in [5, 5.41) is 14.3. The fourth-order valence-electron chi connectivity index (χ4n) is 5.02. The highest BCUT2D eigenvalue weighted by molar-refractivity contribution is 5.98. The van der Waals surface area contributed by atoms with Crippen LogP contribution >= 0.6 is 0 Å². The monoisotopic (exact) mass is 536 g/mol. The van der Waals surface area contributed by atoms with Crippen molar-refractivity contribution >= 4 is 5.78 Å². The first kappa shape index (κ1) is 26.8. The molecule has 0 saturated carbocycles. The molecule has 0 unspecified atom stereocenters. The Bertz CT molecular complexity index is 1670. The predicted molar refractivity (Wildman–Crippen MR) is 154 cm³/mol. The largest absolute Gasteiger partial charge is 0.495 e. The number of H-pyrrole nitrogens is 1. The van der Waals surface area contributed by atoms with Crippen molar-refractivity contribution in [3.05, 3.63) is 100 Å². The summed E-state index contributed by atoms with van der Waals surface area (Å²) in [6.07, 6.45) is 5.74. The number of aromatic amines is 1. The maximum atomic E-state index is 13.9. The molecule has 0 radical (unpaired) electrons. The number of aryl methyl sites for hydroxylation is 1. The summed E-state index contributed by atoms with van der Waals surface area (Å²) in [5.74, 6) is 0.959. The van der Waals surface area contributed by atoms with E-state index < -0.39 is 0 Å². The van der Waals surface area contributed by atoms with Crippen LogP contribution in [0.15, 0.2) is 77.7 Å². The molecule has 0 atom stereocenters. The minimum Gasteiger partial charge on any atom is -0.495 e. The van der Waals surface area contributed by atoms with Gasteiger partial charge in [0.15, 0.2) is 11.6 Å². The second-order valence-corrected chi connectivity index (χ2v) is 9.72. The number of Topliss-reactive ketones (excluding diaryl/α,β-unsaturated/α-hetero) is 1. The number of carbonyl (C=O) groups excluding carboxylic acids is 1. The van der Waals surface area contributed by atoms with E-state index in [1.165, 1.54) is 6.92 Å². The van der Waals surface area contributed by atoms with Crippen LogP contribution in [0.25, 0.3) is 28.2 Å². The number of rotatable bonds is 11. The molecular weight excluding hydrogens is 504 g/mol. The molecule has 5 aromatic rings. The van der Waals surface area contributed by atoms with E-state index in [4.69, 9.17) is 4.74 Å². The van der Waals surface area contributed by atoms with Crippen LogP contribution in [0.4, 0.5) is 0 Å². The number of aromatic nitrogens is 6. The Kier molecular flexibility index (Phi) is 8.00. The summed E-state index contributed by atoms with van der Waals surface area (Å²) in [6, 6.07) is 21.4. The standard InChI is InChI=1S/C31H32N6O3/c1-4-5-6-10-24-20-37(29-25(21(2)38)13-9-14-28(29)40-3)31(39)36(24)19-22-15-17-23(18-16-22)26-11-7-8-12-27(26)30-32-34-35-33-30/h7-9,11-18,20H,4-6,10,19H2,1-3H3,(H,32,33,34,35). The van der Waals surface area contributed by atoms with Gasteiger partial charge in [-0.1, -0.05) is 74.4 Å². The summed E-state index contributed by atoms with van der Waals surface area (Å²) in [4.78, 5) is 26.3. The molecule has 9 heteroatoms. The lowest BCUT2D eigenvalue weighted by Crippen LogP contribution is -2.26. The zero-order chi connectivity index (χ0) is 28.1. The molecule has 2 aromatic heterocycles. The van der Waals surface area contributed by atoms with Gasteiger partial charge in [-0.2, -0.15) is 0 Å². The number of ketones is 1. The van der Waals surface area contributed by atoms with Crippen LogP contribution in [0.5, 0.6) is 5.75 Å². The molecular formula is C31H32N6O3. The quantitative estimate of drug-likeness (QED) is 0.177. The van der Waals surface area contributed by atoms with Gasteiger partial charge < -0.3 is 4.74 Å². The molecule has 0 fully saturated rings. The summed E-state index contributed by atoms with van der Waals surface area (Å²) in [5.41, 5.74) is 5.57. The van der Waals surface area contributed by atoms with Crippen molar-refractivity contribution < 1.29 is 9.53 Å². The Balaban J connectivity index is 1.52. The number of para-hydroxylation sites is 1. The molecule has 2 heterocycles. The number of tetrazole rings is 1. The van der Waals surface area contributed by atoms with Crippen molar-refractivity contribution in [2.75, 3.05) is 7.11 Å². The van der Waals surface area contributed by atoms with Crippen molar-refractivity contribution in [2.24, 2.45) is 0 Å². The fourth-order valence-corrected chi connectivity index (χ4v) is 5.02. The molecule has 1 N–H and O–H groups in total. The van der Waals surface area contributed by atoms with Crippen molar-refractivity contribution in [1.29, 1.82) is 0 Å². The normalized spacial score (nSPS) is 11.1. The number of ether oxygens (including phenoxy) is 1. The molecule has 0 bridgehead atoms. The summed E-state index contributed by atoms with van der Waals surface area (Å²) in [6.45, 7) is 4.07. The van der Waals surface area contributed by atoms with Crippen LogP contribution in [0.3, 0.4) is 0 Å². The smallest absolute Gasteiger partial charge is 0.333 e. The lowest BCUT2D eigenvalue weighted by atomic mass is 9.98. The van der Waals surface area contributed by atoms with E-state index in [1.807, 2.05) is 54.7 Å². The van der Waals surface area contributed by atoms with Gasteiger partial charge in [0.1, 0.15) is 11.4 Å². The van der Waals surface area contributed by atoms with Crippen LogP contribution in [0, 0.1) is 0 Å². The first-order valence-electron chi connectivity index (χ1n) is 13.4. The van der Waals surface area contributed by atoms with Crippen LogP contribution < -0.4 is 10.4 Å². The molecule has 9 nitrogen and oxygen atoms in total. The average molecular weight is 537 g/mol. The van der Waals surface area contributed by atoms with Crippen LogP contribution in [-0.4, -0.2) is 42.7 Å². The predicted octanol–water partition coefficient (Wildman–Crippen LogP) is 5.48. The Labute approximate surface area is 232 Å². The fraction of sp³-hybridized carbons (Fsp3) is 0.258. The molecule has 0 aliphatic carbocycles. The van der Waals surface area contributed by atoms with E-state index >= 15 is 0 Å². The van der Waals surface area contributed by atoms with Gasteiger partial charge in [0.05, 0.1) is 13.7 Å². The van der Waals surface area contributed by atoms with Gasteiger partial charge in [0, 0.05) is 23.0 Å². The van der Waals surface area contributed by atoms with Crippen molar-refractivity contribution in [2.45, 2.75) is 46.1 Å². The topological polar surface area (TPSA) is 108 Å². The number of benzene rings is 3. The number of imidazole rings is 1. The SMILES string of the molecule is CCCCCc1cn(-c2c(OC)cccc2C(C)=O)c(=O)n1Cc1ccc(-c2ccccc2-c2nnn[nH]2)cc1. The zero-order valence-electron chi connectivity index (χ0n) is 22.9. The van der Waals surface area contributed by atoms with Crippen molar-refractivity contribution in [1.82, 2.24) is 29.8 Å². The summed E-state index contributed by atoms with van der Waals surface area (Å²) in [7, 11) is 1.55. The number of carbonyl (C=O) groups is 1. The van der Waals surface area contributed by atoms with Gasteiger partial charge in [-0.3, -0.25) is 13.9 Å². The van der Waals surface area contributed by atoms with Crippen molar-refractivity contribution in [3.63, 3.8) is 0 Å². The minimum atomic E-state index is -0.203. The molecule has 0 aliphatic heterocycles. The third-order valence-electron chi connectivity index (χ3n) is 7.07. The number of methoxy groups -OCH3 is 1. The van der Waals surface area contributed by atoms with E-state index in [0.29, 0.717) is 29.4 Å². The number of hydrogen-bond acceptors (Lipinski definition) is 6. The number of nitrogens with zero attached hydrogens (tertiary/aromatic N) is 5. The zero-order valence-corrected chi connectivity index (χ0v) is 22.9. The first-order chi connectivity index (χ1) is 19.5. The molecule has 0 saturated heterocycles. The van der Waals surface area contributed by atoms with Crippen LogP contribution in [-0.2, 0) is 13.0 Å². The second-order valence-electron chi connectivity index (χ2n) is 9.72. The molecule has 204 valence electrons. The number of hydrogen-bond donors (Lipinski definition) is 1. The Hall–Kier alpha value is -4.79. The van der Waals surface area contributed by atoms with Crippen LogP contribution in [0.2, 0.25) is 0 Å². The lowest BCUT2D eigenvalue weighted by Gasteiger charge is -2.12. The van der Waals surface area contributed by atoms with Crippen molar-refractivity contribution in [3.8, 4) is 34.0 Å². The molecule has 5 rings (SSSR count).